The Morgan fingerprint density at radius 3 is 2.35 bits per heavy atom. The number of nitrogens with zero attached hydrogens (tertiary/aromatic N) is 2. The Bertz CT molecular complexity index is 579. The molecule has 3 rings (SSSR count). The summed E-state index contributed by atoms with van der Waals surface area (Å²) in [6, 6.07) is 6.84. The number of anilines is 1. The van der Waals surface area contributed by atoms with Gasteiger partial charge in [-0.3, -0.25) is 4.90 Å². The number of carbonyl (C=O) groups is 2. The Labute approximate surface area is 135 Å². The molecule has 1 aliphatic heterocycles. The maximum absolute atomic E-state index is 12.7. The van der Waals surface area contributed by atoms with Crippen molar-refractivity contribution in [2.24, 2.45) is 11.7 Å². The molecule has 0 bridgehead atoms. The van der Waals surface area contributed by atoms with Crippen LogP contribution in [-0.4, -0.2) is 47.7 Å². The summed E-state index contributed by atoms with van der Waals surface area (Å²) >= 11 is 0. The maximum Gasteiger partial charge on any atom is 0.335 e. The fourth-order valence-corrected chi connectivity index (χ4v) is 3.61. The van der Waals surface area contributed by atoms with Gasteiger partial charge >= 0.3 is 12.0 Å². The largest absolute Gasteiger partial charge is 0.478 e. The molecule has 1 saturated carbocycles. The van der Waals surface area contributed by atoms with Gasteiger partial charge in [-0.1, -0.05) is 0 Å². The average molecular weight is 317 g/mol. The number of amides is 2. The third-order valence-corrected chi connectivity index (χ3v) is 5.06. The van der Waals surface area contributed by atoms with E-state index in [0.29, 0.717) is 18.5 Å². The summed E-state index contributed by atoms with van der Waals surface area (Å²) in [5.41, 5.74) is 6.73. The number of hydrogen-bond acceptors (Lipinski definition) is 3. The van der Waals surface area contributed by atoms with Crippen molar-refractivity contribution in [3.8, 4) is 0 Å². The second kappa shape index (κ2) is 6.58. The van der Waals surface area contributed by atoms with Gasteiger partial charge in [0.1, 0.15) is 0 Å². The van der Waals surface area contributed by atoms with Crippen LogP contribution in [0.3, 0.4) is 0 Å². The van der Waals surface area contributed by atoms with Gasteiger partial charge in [0.25, 0.3) is 0 Å². The summed E-state index contributed by atoms with van der Waals surface area (Å²) < 4.78 is 0. The van der Waals surface area contributed by atoms with Crippen molar-refractivity contribution < 1.29 is 14.7 Å². The van der Waals surface area contributed by atoms with E-state index in [1.165, 1.54) is 0 Å². The summed E-state index contributed by atoms with van der Waals surface area (Å²) in [5, 5.41) is 8.95. The predicted octanol–water partition coefficient (Wildman–Crippen LogP) is 2.14. The van der Waals surface area contributed by atoms with E-state index in [1.807, 2.05) is 4.90 Å². The van der Waals surface area contributed by atoms with Crippen LogP contribution in [0, 0.1) is 5.92 Å². The number of hydrogen-bond donors (Lipinski definition) is 2. The third kappa shape index (κ3) is 3.17. The fourth-order valence-electron chi connectivity index (χ4n) is 3.61. The van der Waals surface area contributed by atoms with E-state index in [-0.39, 0.29) is 11.6 Å². The third-order valence-electron chi connectivity index (χ3n) is 5.06. The minimum Gasteiger partial charge on any atom is -0.478 e. The topological polar surface area (TPSA) is 86.9 Å². The highest BCUT2D eigenvalue weighted by Crippen LogP contribution is 2.30. The van der Waals surface area contributed by atoms with Crippen molar-refractivity contribution in [3.05, 3.63) is 29.8 Å². The molecule has 2 aliphatic rings. The molecule has 124 valence electrons. The van der Waals surface area contributed by atoms with Crippen molar-refractivity contribution in [2.75, 3.05) is 24.5 Å². The van der Waals surface area contributed by atoms with Crippen molar-refractivity contribution in [1.29, 1.82) is 0 Å². The predicted molar refractivity (Wildman–Crippen MR) is 87.6 cm³/mol. The number of nitrogens with two attached hydrogens (primary N) is 1. The lowest BCUT2D eigenvalue weighted by Crippen LogP contribution is -2.42. The Morgan fingerprint density at radius 2 is 1.78 bits per heavy atom. The van der Waals surface area contributed by atoms with Crippen LogP contribution < -0.4 is 10.6 Å². The van der Waals surface area contributed by atoms with Crippen molar-refractivity contribution in [2.45, 2.75) is 31.7 Å². The zero-order valence-corrected chi connectivity index (χ0v) is 13.1. The quantitative estimate of drug-likeness (QED) is 0.891. The normalized spacial score (nSPS) is 25.0. The van der Waals surface area contributed by atoms with Gasteiger partial charge in [-0.25, -0.2) is 9.59 Å². The molecule has 2 amide bonds. The Kier molecular flexibility index (Phi) is 4.52. The van der Waals surface area contributed by atoms with Crippen LogP contribution in [0.15, 0.2) is 24.3 Å². The molecule has 6 nitrogen and oxygen atoms in total. The molecule has 6 heteroatoms. The van der Waals surface area contributed by atoms with Crippen molar-refractivity contribution in [3.63, 3.8) is 0 Å². The smallest absolute Gasteiger partial charge is 0.335 e. The molecular formula is C17H23N3O3. The molecule has 0 unspecified atom stereocenters. The molecule has 1 saturated heterocycles. The fraction of sp³-hybridized carbons (Fsp3) is 0.529. The summed E-state index contributed by atoms with van der Waals surface area (Å²) in [6.45, 7) is 2.13. The molecule has 2 fully saturated rings. The standard InChI is InChI=1S/C17H23N3O3/c18-11-12-1-5-14(6-2-12)19-9-10-20(17(19)23)15-7-3-13(4-8-15)16(21)22/h3-4,7-8,12,14H,1-2,5-6,9-11,18H2,(H,21,22). The zero-order valence-electron chi connectivity index (χ0n) is 13.1. The van der Waals surface area contributed by atoms with E-state index in [1.54, 1.807) is 29.2 Å². The number of rotatable bonds is 4. The van der Waals surface area contributed by atoms with Gasteiger partial charge in [-0.2, -0.15) is 0 Å². The van der Waals surface area contributed by atoms with E-state index in [4.69, 9.17) is 10.8 Å². The lowest BCUT2D eigenvalue weighted by atomic mass is 9.85. The number of aromatic carboxylic acids is 1. The lowest BCUT2D eigenvalue weighted by Gasteiger charge is -2.34. The summed E-state index contributed by atoms with van der Waals surface area (Å²) in [4.78, 5) is 27.3. The van der Waals surface area contributed by atoms with Gasteiger partial charge in [0, 0.05) is 24.8 Å². The molecule has 0 spiro atoms. The molecule has 23 heavy (non-hydrogen) atoms. The summed E-state index contributed by atoms with van der Waals surface area (Å²) in [7, 11) is 0. The molecular weight excluding hydrogens is 294 g/mol. The Balaban J connectivity index is 1.66. The molecule has 0 radical (unpaired) electrons. The van der Waals surface area contributed by atoms with E-state index in [9.17, 15) is 9.59 Å². The molecule has 0 atom stereocenters. The van der Waals surface area contributed by atoms with Crippen molar-refractivity contribution in [1.82, 2.24) is 4.90 Å². The summed E-state index contributed by atoms with van der Waals surface area (Å²) in [6.07, 6.45) is 4.25. The molecule has 1 aromatic carbocycles. The highest BCUT2D eigenvalue weighted by molar-refractivity contribution is 5.95. The van der Waals surface area contributed by atoms with Gasteiger partial charge in [0.05, 0.1) is 5.56 Å². The van der Waals surface area contributed by atoms with Gasteiger partial charge in [-0.05, 0) is 62.4 Å². The Morgan fingerprint density at radius 1 is 1.13 bits per heavy atom. The van der Waals surface area contributed by atoms with Gasteiger partial charge in [0.15, 0.2) is 0 Å². The van der Waals surface area contributed by atoms with E-state index < -0.39 is 5.97 Å². The second-order valence-electron chi connectivity index (χ2n) is 6.39. The summed E-state index contributed by atoms with van der Waals surface area (Å²) in [5.74, 6) is -0.355. The van der Waals surface area contributed by atoms with Gasteiger partial charge in [-0.15, -0.1) is 0 Å². The SMILES string of the molecule is NCC1CCC(N2CCN(c3ccc(C(=O)O)cc3)C2=O)CC1. The number of urea groups is 1. The molecule has 1 aliphatic carbocycles. The van der Waals surface area contributed by atoms with Crippen molar-refractivity contribution >= 4 is 17.7 Å². The van der Waals surface area contributed by atoms with Crippen LogP contribution >= 0.6 is 0 Å². The molecule has 3 N–H and O–H groups in total. The minimum absolute atomic E-state index is 0.0317. The Hall–Kier alpha value is -2.08. The van der Waals surface area contributed by atoms with E-state index >= 15 is 0 Å². The van der Waals surface area contributed by atoms with E-state index in [2.05, 4.69) is 0 Å². The number of carbonyl (C=O) groups excluding carboxylic acids is 1. The van der Waals surface area contributed by atoms with Crippen LogP contribution in [-0.2, 0) is 0 Å². The minimum atomic E-state index is -0.956. The number of benzene rings is 1. The second-order valence-corrected chi connectivity index (χ2v) is 6.39. The van der Waals surface area contributed by atoms with Crippen LogP contribution in [0.2, 0.25) is 0 Å². The van der Waals surface area contributed by atoms with Crippen LogP contribution in [0.5, 0.6) is 0 Å². The van der Waals surface area contributed by atoms with Gasteiger partial charge < -0.3 is 15.7 Å². The maximum atomic E-state index is 12.7. The zero-order chi connectivity index (χ0) is 16.4. The number of carboxylic acid groups (broad SMARTS) is 1. The molecule has 0 aromatic heterocycles. The first kappa shape index (κ1) is 15.8. The first-order valence-electron chi connectivity index (χ1n) is 8.21. The van der Waals surface area contributed by atoms with Crippen LogP contribution in [0.4, 0.5) is 10.5 Å². The van der Waals surface area contributed by atoms with Crippen LogP contribution in [0.25, 0.3) is 0 Å². The molecule has 1 aromatic rings. The van der Waals surface area contributed by atoms with Crippen LogP contribution in [0.1, 0.15) is 36.0 Å². The first-order chi connectivity index (χ1) is 11.1. The first-order valence-corrected chi connectivity index (χ1v) is 8.21. The monoisotopic (exact) mass is 317 g/mol. The average Bonchev–Trinajstić information content (AvgIpc) is 2.96. The van der Waals surface area contributed by atoms with E-state index in [0.717, 1.165) is 44.5 Å². The highest BCUT2D eigenvalue weighted by Gasteiger charge is 2.36. The van der Waals surface area contributed by atoms with Gasteiger partial charge in [0.2, 0.25) is 0 Å². The highest BCUT2D eigenvalue weighted by atomic mass is 16.4. The number of carboxylic acids is 1. The lowest BCUT2D eigenvalue weighted by molar-refractivity contribution is 0.0697. The molecule has 1 heterocycles.